The molecule has 2 aromatic heterocycles. The summed E-state index contributed by atoms with van der Waals surface area (Å²) >= 11 is 0. The summed E-state index contributed by atoms with van der Waals surface area (Å²) in [6, 6.07) is 14.9. The molecule has 2 fully saturated rings. The molecule has 2 aromatic carbocycles. The molecule has 0 atom stereocenters. The molecule has 3 heterocycles. The van der Waals surface area contributed by atoms with Gasteiger partial charge in [-0.2, -0.15) is 9.40 Å². The van der Waals surface area contributed by atoms with Gasteiger partial charge in [0.25, 0.3) is 0 Å². The third-order valence-corrected chi connectivity index (χ3v) is 10.0. The summed E-state index contributed by atoms with van der Waals surface area (Å²) in [7, 11) is -3.58. The summed E-state index contributed by atoms with van der Waals surface area (Å²) in [4.78, 5) is 12.7. The van der Waals surface area contributed by atoms with Gasteiger partial charge in [-0.3, -0.25) is 0 Å². The summed E-state index contributed by atoms with van der Waals surface area (Å²) in [5.41, 5.74) is 2.23. The normalized spacial score (nSPS) is 17.8. The first kappa shape index (κ1) is 26.8. The van der Waals surface area contributed by atoms with E-state index >= 15 is 0 Å². The second-order valence-corrected chi connectivity index (χ2v) is 12.8. The Morgan fingerprint density at radius 1 is 0.875 bits per heavy atom. The molecule has 0 radical (unpaired) electrons. The van der Waals surface area contributed by atoms with E-state index in [1.165, 1.54) is 44.2 Å². The Labute approximate surface area is 234 Å². The van der Waals surface area contributed by atoms with Crippen molar-refractivity contribution in [2.24, 2.45) is 5.92 Å². The maximum Gasteiger partial charge on any atom is 0.243 e. The third kappa shape index (κ3) is 5.34. The molecule has 2 aliphatic rings. The van der Waals surface area contributed by atoms with Crippen molar-refractivity contribution in [2.75, 3.05) is 31.1 Å². The number of benzene rings is 2. The average molecular weight is 563 g/mol. The maximum absolute atomic E-state index is 13.7. The first-order valence-electron chi connectivity index (χ1n) is 14.2. The zero-order chi connectivity index (χ0) is 27.7. The number of anilines is 1. The lowest BCUT2D eigenvalue weighted by Gasteiger charge is -2.25. The highest BCUT2D eigenvalue weighted by Crippen LogP contribution is 2.32. The lowest BCUT2D eigenvalue weighted by molar-refractivity contribution is 0.352. The van der Waals surface area contributed by atoms with Crippen molar-refractivity contribution in [1.82, 2.24) is 24.1 Å². The summed E-state index contributed by atoms with van der Waals surface area (Å²) in [5, 5.41) is 5.67. The number of nitrogens with zero attached hydrogens (tertiary/aromatic N) is 6. The molecule has 0 amide bonds. The molecule has 210 valence electrons. The molecule has 0 unspecified atom stereocenters. The number of rotatable bonds is 6. The molecule has 4 aromatic rings. The van der Waals surface area contributed by atoms with Gasteiger partial charge in [-0.15, -0.1) is 0 Å². The van der Waals surface area contributed by atoms with E-state index in [2.05, 4.69) is 4.90 Å². The first-order valence-corrected chi connectivity index (χ1v) is 15.7. The van der Waals surface area contributed by atoms with Crippen molar-refractivity contribution < 1.29 is 12.8 Å². The highest BCUT2D eigenvalue weighted by Gasteiger charge is 2.29. The number of halogens is 1. The molecule has 0 spiro atoms. The van der Waals surface area contributed by atoms with Gasteiger partial charge in [0.15, 0.2) is 5.65 Å². The van der Waals surface area contributed by atoms with Gasteiger partial charge in [0.1, 0.15) is 17.5 Å². The molecule has 40 heavy (non-hydrogen) atoms. The second-order valence-electron chi connectivity index (χ2n) is 10.9. The van der Waals surface area contributed by atoms with Crippen molar-refractivity contribution in [3.8, 4) is 5.69 Å². The molecule has 8 nitrogen and oxygen atoms in total. The van der Waals surface area contributed by atoms with Crippen LogP contribution in [0.1, 0.15) is 50.0 Å². The maximum atomic E-state index is 13.7. The third-order valence-electron chi connectivity index (χ3n) is 8.13. The van der Waals surface area contributed by atoms with E-state index in [9.17, 15) is 12.8 Å². The average Bonchev–Trinajstić information content (AvgIpc) is 3.13. The lowest BCUT2D eigenvalue weighted by Crippen LogP contribution is -2.35. The van der Waals surface area contributed by atoms with Gasteiger partial charge < -0.3 is 4.90 Å². The van der Waals surface area contributed by atoms with Crippen LogP contribution in [0.3, 0.4) is 0 Å². The van der Waals surface area contributed by atoms with E-state index in [0.29, 0.717) is 49.1 Å². The van der Waals surface area contributed by atoms with Gasteiger partial charge in [0, 0.05) is 32.6 Å². The minimum absolute atomic E-state index is 0.301. The van der Waals surface area contributed by atoms with Crippen LogP contribution >= 0.6 is 0 Å². The van der Waals surface area contributed by atoms with E-state index in [0.717, 1.165) is 34.8 Å². The predicted molar refractivity (Wildman–Crippen MR) is 154 cm³/mol. The Morgan fingerprint density at radius 3 is 2.38 bits per heavy atom. The Morgan fingerprint density at radius 2 is 1.62 bits per heavy atom. The van der Waals surface area contributed by atoms with Crippen LogP contribution in [0.4, 0.5) is 10.2 Å². The zero-order valence-electron chi connectivity index (χ0n) is 22.8. The quantitative estimate of drug-likeness (QED) is 0.318. The molecule has 1 saturated heterocycles. The van der Waals surface area contributed by atoms with E-state index in [1.807, 2.05) is 13.0 Å². The van der Waals surface area contributed by atoms with Crippen LogP contribution in [0.15, 0.2) is 59.5 Å². The summed E-state index contributed by atoms with van der Waals surface area (Å²) in [6.45, 7) is 3.95. The van der Waals surface area contributed by atoms with Crippen LogP contribution in [0.25, 0.3) is 16.7 Å². The Bertz CT molecular complexity index is 1580. The SMILES string of the molecule is Cc1nn(-c2ccc(F)cc2)c2nc(CC3CCCCC3)nc(N3CCCN(S(=O)(=O)c4ccccc4)CC3)c12. The molecule has 0 N–H and O–H groups in total. The second kappa shape index (κ2) is 11.2. The van der Waals surface area contributed by atoms with Crippen LogP contribution in [-0.4, -0.2) is 58.7 Å². The molecule has 0 bridgehead atoms. The topological polar surface area (TPSA) is 84.2 Å². The van der Waals surface area contributed by atoms with Gasteiger partial charge in [-0.1, -0.05) is 50.3 Å². The van der Waals surface area contributed by atoms with Crippen molar-refractivity contribution in [1.29, 1.82) is 0 Å². The molecule has 1 aliphatic carbocycles. The molecule has 10 heteroatoms. The van der Waals surface area contributed by atoms with Gasteiger partial charge >= 0.3 is 0 Å². The molecule has 6 rings (SSSR count). The van der Waals surface area contributed by atoms with Crippen molar-refractivity contribution in [3.63, 3.8) is 0 Å². The molecular weight excluding hydrogens is 527 g/mol. The summed E-state index contributed by atoms with van der Waals surface area (Å²) < 4.78 is 43.8. The fourth-order valence-electron chi connectivity index (χ4n) is 6.02. The van der Waals surface area contributed by atoms with Crippen LogP contribution in [0.2, 0.25) is 0 Å². The van der Waals surface area contributed by atoms with Gasteiger partial charge in [0.05, 0.1) is 21.7 Å². The number of sulfonamides is 1. The highest BCUT2D eigenvalue weighted by atomic mass is 32.2. The molecular formula is C30H35FN6O2S. The van der Waals surface area contributed by atoms with Crippen molar-refractivity contribution in [3.05, 3.63) is 71.9 Å². The Balaban J connectivity index is 1.38. The molecule has 1 aliphatic heterocycles. The van der Waals surface area contributed by atoms with Crippen LogP contribution < -0.4 is 4.90 Å². The van der Waals surface area contributed by atoms with E-state index in [1.54, 1.807) is 45.4 Å². The van der Waals surface area contributed by atoms with Gasteiger partial charge in [-0.05, 0) is 55.7 Å². The fourth-order valence-corrected chi connectivity index (χ4v) is 7.52. The minimum Gasteiger partial charge on any atom is -0.355 e. The minimum atomic E-state index is -3.58. The van der Waals surface area contributed by atoms with Gasteiger partial charge in [-0.25, -0.2) is 27.5 Å². The van der Waals surface area contributed by atoms with Crippen LogP contribution in [-0.2, 0) is 16.4 Å². The van der Waals surface area contributed by atoms with E-state index in [4.69, 9.17) is 15.1 Å². The highest BCUT2D eigenvalue weighted by molar-refractivity contribution is 7.89. The van der Waals surface area contributed by atoms with Crippen molar-refractivity contribution in [2.45, 2.75) is 56.8 Å². The summed E-state index contributed by atoms with van der Waals surface area (Å²) in [5.74, 6) is 1.85. The number of hydrogen-bond donors (Lipinski definition) is 0. The van der Waals surface area contributed by atoms with E-state index < -0.39 is 10.0 Å². The number of hydrogen-bond acceptors (Lipinski definition) is 6. The van der Waals surface area contributed by atoms with Crippen LogP contribution in [0.5, 0.6) is 0 Å². The Hall–Kier alpha value is -3.37. The fraction of sp³-hybridized carbons (Fsp3) is 0.433. The smallest absolute Gasteiger partial charge is 0.243 e. The van der Waals surface area contributed by atoms with Gasteiger partial charge in [0.2, 0.25) is 10.0 Å². The van der Waals surface area contributed by atoms with Crippen LogP contribution in [0, 0.1) is 18.7 Å². The first-order chi connectivity index (χ1) is 19.4. The Kier molecular flexibility index (Phi) is 7.55. The monoisotopic (exact) mass is 562 g/mol. The summed E-state index contributed by atoms with van der Waals surface area (Å²) in [6.07, 6.45) is 7.62. The van der Waals surface area contributed by atoms with Crippen molar-refractivity contribution >= 4 is 26.9 Å². The number of aromatic nitrogens is 4. The molecule has 1 saturated carbocycles. The number of aryl methyl sites for hydroxylation is 1. The lowest BCUT2D eigenvalue weighted by atomic mass is 9.87. The largest absolute Gasteiger partial charge is 0.355 e. The van der Waals surface area contributed by atoms with E-state index in [-0.39, 0.29) is 5.82 Å². The standard InChI is InChI=1S/C30H35FN6O2S/c1-22-28-29(35-17-8-18-36(20-19-35)40(38,39)26-11-6-3-7-12-26)32-27(21-23-9-4-2-5-10-23)33-30(28)37(34-22)25-15-13-24(31)14-16-25/h3,6-7,11-16,23H,2,4-5,8-10,17-21H2,1H3. The number of fused-ring (bicyclic) bond motifs is 1. The zero-order valence-corrected chi connectivity index (χ0v) is 23.7. The predicted octanol–water partition coefficient (Wildman–Crippen LogP) is 5.29.